The summed E-state index contributed by atoms with van der Waals surface area (Å²) < 4.78 is 28.1. The molecule has 0 spiro atoms. The van der Waals surface area contributed by atoms with Crippen LogP contribution in [0.2, 0.25) is 5.02 Å². The van der Waals surface area contributed by atoms with Gasteiger partial charge in [0, 0.05) is 17.0 Å². The molecule has 0 N–H and O–H groups in total. The second kappa shape index (κ2) is 6.67. The largest absolute Gasteiger partial charge is 0.375 e. The lowest BCUT2D eigenvalue weighted by molar-refractivity contribution is 0.0170. The molecule has 1 rings (SSSR count). The van der Waals surface area contributed by atoms with Crippen molar-refractivity contribution < 1.29 is 18.3 Å². The smallest absolute Gasteiger partial charge is 0.261 e. The molecular weight excluding hydrogens is 250 g/mol. The van der Waals surface area contributed by atoms with Gasteiger partial charge in [0.15, 0.2) is 5.78 Å². The molecule has 0 aliphatic carbocycles. The maximum Gasteiger partial charge on any atom is 0.261 e. The van der Waals surface area contributed by atoms with Gasteiger partial charge in [0.25, 0.3) is 6.43 Å². The summed E-state index contributed by atoms with van der Waals surface area (Å²) in [5.41, 5.74) is 1.36. The minimum atomic E-state index is -2.50. The first-order valence-corrected chi connectivity index (χ1v) is 5.53. The molecule has 17 heavy (non-hydrogen) atoms. The average Bonchev–Trinajstić information content (AvgIpc) is 2.27. The van der Waals surface area contributed by atoms with E-state index in [1.54, 1.807) is 18.2 Å². The van der Waals surface area contributed by atoms with Gasteiger partial charge in [0.1, 0.15) is 6.61 Å². The molecule has 0 radical (unpaired) electrons. The number of Topliss-reactive ketones (excluding diaryl/α,β-unsaturated/α-hetero) is 1. The molecule has 0 aliphatic rings. The number of alkyl halides is 2. The summed E-state index contributed by atoms with van der Waals surface area (Å²) >= 11 is 5.88. The maximum absolute atomic E-state index is 11.8. The number of benzene rings is 1. The van der Waals surface area contributed by atoms with Crippen LogP contribution in [0.1, 0.15) is 22.3 Å². The molecule has 0 fully saturated rings. The highest BCUT2D eigenvalue weighted by Crippen LogP contribution is 2.17. The van der Waals surface area contributed by atoms with E-state index in [1.807, 2.05) is 6.92 Å². The molecule has 0 unspecified atom stereocenters. The lowest BCUT2D eigenvalue weighted by Gasteiger charge is -2.04. The maximum atomic E-state index is 11.8. The van der Waals surface area contributed by atoms with Gasteiger partial charge in [-0.25, -0.2) is 8.78 Å². The fourth-order valence-corrected chi connectivity index (χ4v) is 1.43. The minimum Gasteiger partial charge on any atom is -0.375 e. The molecule has 0 aliphatic heterocycles. The number of ether oxygens (including phenoxy) is 1. The number of hydrogen-bond donors (Lipinski definition) is 0. The Labute approximate surface area is 104 Å². The normalized spacial score (nSPS) is 10.9. The zero-order chi connectivity index (χ0) is 12.8. The number of hydrogen-bond acceptors (Lipinski definition) is 2. The van der Waals surface area contributed by atoms with E-state index < -0.39 is 13.0 Å². The molecule has 0 amide bonds. The van der Waals surface area contributed by atoms with Gasteiger partial charge in [-0.05, 0) is 18.6 Å². The van der Waals surface area contributed by atoms with Crippen LogP contribution >= 0.6 is 11.6 Å². The SMILES string of the molecule is Cc1ccc(C(=O)CCOCC(F)F)cc1Cl. The predicted octanol–water partition coefficient (Wildman–Crippen LogP) is 3.50. The molecule has 2 nitrogen and oxygen atoms in total. The van der Waals surface area contributed by atoms with Gasteiger partial charge >= 0.3 is 0 Å². The summed E-state index contributed by atoms with van der Waals surface area (Å²) in [6.45, 7) is 1.19. The zero-order valence-corrected chi connectivity index (χ0v) is 10.1. The van der Waals surface area contributed by atoms with Crippen LogP contribution in [0, 0.1) is 6.92 Å². The number of rotatable bonds is 6. The molecule has 0 bridgehead atoms. The van der Waals surface area contributed by atoms with Crippen molar-refractivity contribution in [3.63, 3.8) is 0 Å². The highest BCUT2D eigenvalue weighted by atomic mass is 35.5. The minimum absolute atomic E-state index is 0.00529. The second-order valence-corrected chi connectivity index (χ2v) is 4.01. The van der Waals surface area contributed by atoms with Gasteiger partial charge in [-0.2, -0.15) is 0 Å². The van der Waals surface area contributed by atoms with Crippen molar-refractivity contribution in [1.29, 1.82) is 0 Å². The molecule has 5 heteroatoms. The second-order valence-electron chi connectivity index (χ2n) is 3.60. The van der Waals surface area contributed by atoms with E-state index in [2.05, 4.69) is 4.74 Å². The van der Waals surface area contributed by atoms with Crippen LogP contribution < -0.4 is 0 Å². The van der Waals surface area contributed by atoms with E-state index in [-0.39, 0.29) is 18.8 Å². The van der Waals surface area contributed by atoms with E-state index in [9.17, 15) is 13.6 Å². The molecule has 94 valence electrons. The lowest BCUT2D eigenvalue weighted by Crippen LogP contribution is -2.09. The van der Waals surface area contributed by atoms with Crippen LogP contribution in [0.5, 0.6) is 0 Å². The molecular formula is C12H13ClF2O2. The highest BCUT2D eigenvalue weighted by molar-refractivity contribution is 6.31. The van der Waals surface area contributed by atoms with Crippen molar-refractivity contribution in [1.82, 2.24) is 0 Å². The Morgan fingerprint density at radius 3 is 2.76 bits per heavy atom. The molecule has 0 heterocycles. The Hall–Kier alpha value is -1.00. The van der Waals surface area contributed by atoms with Gasteiger partial charge in [-0.15, -0.1) is 0 Å². The van der Waals surface area contributed by atoms with Crippen LogP contribution in [0.25, 0.3) is 0 Å². The molecule has 1 aromatic carbocycles. The number of aryl methyl sites for hydroxylation is 1. The fourth-order valence-electron chi connectivity index (χ4n) is 1.25. The van der Waals surface area contributed by atoms with E-state index in [0.29, 0.717) is 10.6 Å². The number of carbonyl (C=O) groups is 1. The number of halogens is 3. The van der Waals surface area contributed by atoms with Gasteiger partial charge in [-0.3, -0.25) is 4.79 Å². The van der Waals surface area contributed by atoms with E-state index in [0.717, 1.165) is 5.56 Å². The van der Waals surface area contributed by atoms with Crippen molar-refractivity contribution >= 4 is 17.4 Å². The predicted molar refractivity (Wildman–Crippen MR) is 62.0 cm³/mol. The molecule has 0 aromatic heterocycles. The van der Waals surface area contributed by atoms with Crippen molar-refractivity contribution in [2.24, 2.45) is 0 Å². The Morgan fingerprint density at radius 2 is 2.18 bits per heavy atom. The fraction of sp³-hybridized carbons (Fsp3) is 0.417. The summed E-state index contributed by atoms with van der Waals surface area (Å²) in [4.78, 5) is 11.6. The lowest BCUT2D eigenvalue weighted by atomic mass is 10.1. The first-order chi connectivity index (χ1) is 8.00. The summed E-state index contributed by atoms with van der Waals surface area (Å²) in [5.74, 6) is -0.166. The molecule has 1 aromatic rings. The third-order valence-electron chi connectivity index (χ3n) is 2.21. The van der Waals surface area contributed by atoms with Crippen LogP contribution in [-0.4, -0.2) is 25.4 Å². The van der Waals surface area contributed by atoms with E-state index in [1.165, 1.54) is 0 Å². The number of carbonyl (C=O) groups excluding carboxylic acids is 1. The summed E-state index contributed by atoms with van der Waals surface area (Å²) in [6, 6.07) is 4.98. The quantitative estimate of drug-likeness (QED) is 0.579. The summed E-state index contributed by atoms with van der Waals surface area (Å²) in [5, 5.41) is 0.518. The Kier molecular flexibility index (Phi) is 5.51. The Bertz CT molecular complexity index is 394. The standard InChI is InChI=1S/C12H13ClF2O2/c1-8-2-3-9(6-10(8)13)11(16)4-5-17-7-12(14)15/h2-3,6,12H,4-5,7H2,1H3. The molecule has 0 atom stereocenters. The molecule has 0 saturated heterocycles. The van der Waals surface area contributed by atoms with Crippen molar-refractivity contribution in [2.75, 3.05) is 13.2 Å². The average molecular weight is 263 g/mol. The Morgan fingerprint density at radius 1 is 1.47 bits per heavy atom. The van der Waals surface area contributed by atoms with Crippen LogP contribution in [0.4, 0.5) is 8.78 Å². The van der Waals surface area contributed by atoms with Gasteiger partial charge < -0.3 is 4.74 Å². The van der Waals surface area contributed by atoms with Crippen molar-refractivity contribution in [3.8, 4) is 0 Å². The van der Waals surface area contributed by atoms with Crippen LogP contribution in [0.15, 0.2) is 18.2 Å². The summed E-state index contributed by atoms with van der Waals surface area (Å²) in [6.07, 6.45) is -2.43. The van der Waals surface area contributed by atoms with E-state index >= 15 is 0 Å². The van der Waals surface area contributed by atoms with Crippen LogP contribution in [-0.2, 0) is 4.74 Å². The summed E-state index contributed by atoms with van der Waals surface area (Å²) in [7, 11) is 0. The zero-order valence-electron chi connectivity index (χ0n) is 9.38. The molecule has 0 saturated carbocycles. The third-order valence-corrected chi connectivity index (χ3v) is 2.62. The Balaban J connectivity index is 2.44. The van der Waals surface area contributed by atoms with Gasteiger partial charge in [0.2, 0.25) is 0 Å². The number of ketones is 1. The topological polar surface area (TPSA) is 26.3 Å². The third kappa shape index (κ3) is 4.79. The van der Waals surface area contributed by atoms with Crippen LogP contribution in [0.3, 0.4) is 0 Å². The highest BCUT2D eigenvalue weighted by Gasteiger charge is 2.08. The van der Waals surface area contributed by atoms with Crippen molar-refractivity contribution in [3.05, 3.63) is 34.3 Å². The monoisotopic (exact) mass is 262 g/mol. The first kappa shape index (κ1) is 14.1. The van der Waals surface area contributed by atoms with Gasteiger partial charge in [0.05, 0.1) is 6.61 Å². The van der Waals surface area contributed by atoms with E-state index in [4.69, 9.17) is 11.6 Å². The van der Waals surface area contributed by atoms with Gasteiger partial charge in [-0.1, -0.05) is 23.7 Å². The van der Waals surface area contributed by atoms with Crippen molar-refractivity contribution in [2.45, 2.75) is 19.8 Å². The first-order valence-electron chi connectivity index (χ1n) is 5.16.